The predicted molar refractivity (Wildman–Crippen MR) is 124 cm³/mol. The summed E-state index contributed by atoms with van der Waals surface area (Å²) in [4.78, 5) is 23.1. The topological polar surface area (TPSA) is 114 Å². The van der Waals surface area contributed by atoms with Crippen LogP contribution in [0.15, 0.2) is 72.3 Å². The molecule has 1 amide bonds. The highest BCUT2D eigenvalue weighted by molar-refractivity contribution is 6.32. The number of amides is 1. The van der Waals surface area contributed by atoms with Crippen LogP contribution in [0.3, 0.4) is 0 Å². The van der Waals surface area contributed by atoms with Gasteiger partial charge in [0.05, 0.1) is 12.0 Å². The molecule has 0 fully saturated rings. The lowest BCUT2D eigenvalue weighted by Gasteiger charge is -2.14. The van der Waals surface area contributed by atoms with E-state index in [1.807, 2.05) is 36.4 Å². The lowest BCUT2D eigenvalue weighted by molar-refractivity contribution is -0.384. The van der Waals surface area contributed by atoms with Crippen LogP contribution in [0.5, 0.6) is 11.5 Å². The highest BCUT2D eigenvalue weighted by Gasteiger charge is 2.17. The number of ether oxygens (including phenoxy) is 2. The molecule has 0 radical (unpaired) electrons. The molecule has 1 N–H and O–H groups in total. The SMILES string of the molecule is COc1cccc(/C=C(\C#N)C(=O)Nc2ccc(Cl)c([N+](=O)[O-])c2)c1OCc1ccccc1. The van der Waals surface area contributed by atoms with E-state index in [1.54, 1.807) is 18.2 Å². The lowest BCUT2D eigenvalue weighted by atomic mass is 10.1. The number of carbonyl (C=O) groups is 1. The van der Waals surface area contributed by atoms with Gasteiger partial charge in [-0.15, -0.1) is 0 Å². The van der Waals surface area contributed by atoms with E-state index in [2.05, 4.69) is 5.32 Å². The Morgan fingerprint density at radius 1 is 1.18 bits per heavy atom. The van der Waals surface area contributed by atoms with Gasteiger partial charge in [0.15, 0.2) is 11.5 Å². The number of nitrogens with zero attached hydrogens (tertiary/aromatic N) is 2. The van der Waals surface area contributed by atoms with E-state index in [1.165, 1.54) is 25.3 Å². The van der Waals surface area contributed by atoms with Crippen molar-refractivity contribution in [3.05, 3.63) is 98.6 Å². The van der Waals surface area contributed by atoms with Gasteiger partial charge in [0, 0.05) is 17.3 Å². The Morgan fingerprint density at radius 3 is 2.61 bits per heavy atom. The van der Waals surface area contributed by atoms with E-state index in [4.69, 9.17) is 21.1 Å². The average Bonchev–Trinajstić information content (AvgIpc) is 2.82. The number of para-hydroxylation sites is 1. The van der Waals surface area contributed by atoms with Gasteiger partial charge in [-0.05, 0) is 29.8 Å². The number of nitriles is 1. The lowest BCUT2D eigenvalue weighted by Crippen LogP contribution is -2.13. The second-order valence-corrected chi connectivity index (χ2v) is 7.11. The van der Waals surface area contributed by atoms with E-state index >= 15 is 0 Å². The van der Waals surface area contributed by atoms with Crippen molar-refractivity contribution in [1.82, 2.24) is 0 Å². The minimum atomic E-state index is -0.744. The Bertz CT molecular complexity index is 1250. The van der Waals surface area contributed by atoms with E-state index < -0.39 is 10.8 Å². The van der Waals surface area contributed by atoms with Crippen molar-refractivity contribution >= 4 is 35.0 Å². The van der Waals surface area contributed by atoms with Crippen LogP contribution >= 0.6 is 11.6 Å². The van der Waals surface area contributed by atoms with Gasteiger partial charge >= 0.3 is 0 Å². The third kappa shape index (κ3) is 5.87. The normalized spacial score (nSPS) is 10.8. The molecule has 33 heavy (non-hydrogen) atoms. The fourth-order valence-corrected chi connectivity index (χ4v) is 3.11. The monoisotopic (exact) mass is 463 g/mol. The number of anilines is 1. The number of carbonyl (C=O) groups excluding carboxylic acids is 1. The summed E-state index contributed by atoms with van der Waals surface area (Å²) in [5.41, 5.74) is 0.926. The van der Waals surface area contributed by atoms with Crippen LogP contribution in [0, 0.1) is 21.4 Å². The number of benzene rings is 3. The molecule has 0 saturated carbocycles. The molecule has 3 aromatic carbocycles. The summed E-state index contributed by atoms with van der Waals surface area (Å²) in [6.07, 6.45) is 1.36. The molecule has 8 nitrogen and oxygen atoms in total. The quantitative estimate of drug-likeness (QED) is 0.207. The molecule has 0 aliphatic rings. The average molecular weight is 464 g/mol. The third-order valence-electron chi connectivity index (χ3n) is 4.52. The molecule has 0 atom stereocenters. The van der Waals surface area contributed by atoms with Crippen molar-refractivity contribution < 1.29 is 19.2 Å². The molecular formula is C24H18ClN3O5. The van der Waals surface area contributed by atoms with E-state index in [-0.39, 0.29) is 28.6 Å². The van der Waals surface area contributed by atoms with Gasteiger partial charge in [-0.2, -0.15) is 5.26 Å². The summed E-state index contributed by atoms with van der Waals surface area (Å²) >= 11 is 5.80. The summed E-state index contributed by atoms with van der Waals surface area (Å²) in [6.45, 7) is 0.255. The highest BCUT2D eigenvalue weighted by Crippen LogP contribution is 2.33. The van der Waals surface area contributed by atoms with Crippen molar-refractivity contribution in [1.29, 1.82) is 5.26 Å². The van der Waals surface area contributed by atoms with Gasteiger partial charge in [0.1, 0.15) is 23.3 Å². The Balaban J connectivity index is 1.88. The number of methoxy groups -OCH3 is 1. The first-order valence-electron chi connectivity index (χ1n) is 9.63. The predicted octanol–water partition coefficient (Wildman–Crippen LogP) is 5.38. The standard InChI is InChI=1S/C24H18ClN3O5/c1-32-22-9-5-8-17(23(22)33-15-16-6-3-2-4-7-16)12-18(14-26)24(29)27-19-10-11-20(25)21(13-19)28(30)31/h2-13H,15H2,1H3,(H,27,29)/b18-12+. The number of hydrogen-bond donors (Lipinski definition) is 1. The van der Waals surface area contributed by atoms with Crippen LogP contribution in [-0.4, -0.2) is 17.9 Å². The second-order valence-electron chi connectivity index (χ2n) is 6.70. The van der Waals surface area contributed by atoms with Crippen LogP contribution < -0.4 is 14.8 Å². The zero-order valence-corrected chi connectivity index (χ0v) is 18.2. The van der Waals surface area contributed by atoms with E-state index in [0.717, 1.165) is 11.6 Å². The van der Waals surface area contributed by atoms with Gasteiger partial charge in [-0.1, -0.05) is 54.1 Å². The van der Waals surface area contributed by atoms with Crippen molar-refractivity contribution in [3.8, 4) is 17.6 Å². The number of hydrogen-bond acceptors (Lipinski definition) is 6. The van der Waals surface area contributed by atoms with Crippen molar-refractivity contribution in [3.63, 3.8) is 0 Å². The first-order valence-corrected chi connectivity index (χ1v) is 10.0. The summed E-state index contributed by atoms with van der Waals surface area (Å²) < 4.78 is 11.3. The maximum absolute atomic E-state index is 12.7. The molecule has 3 rings (SSSR count). The van der Waals surface area contributed by atoms with Crippen LogP contribution in [0.2, 0.25) is 5.02 Å². The number of nitrogens with one attached hydrogen (secondary N) is 1. The smallest absolute Gasteiger partial charge is 0.289 e. The molecule has 0 bridgehead atoms. The van der Waals surface area contributed by atoms with Crippen LogP contribution in [0.4, 0.5) is 11.4 Å². The number of halogens is 1. The van der Waals surface area contributed by atoms with Gasteiger partial charge in [-0.25, -0.2) is 0 Å². The largest absolute Gasteiger partial charge is 0.493 e. The number of nitro benzene ring substituents is 1. The number of rotatable bonds is 8. The molecule has 9 heteroatoms. The minimum absolute atomic E-state index is 0.0642. The van der Waals surface area contributed by atoms with Crippen molar-refractivity contribution in [2.75, 3.05) is 12.4 Å². The number of nitro groups is 1. The maximum Gasteiger partial charge on any atom is 0.289 e. The van der Waals surface area contributed by atoms with Gasteiger partial charge < -0.3 is 14.8 Å². The molecule has 0 heterocycles. The molecule has 0 unspecified atom stereocenters. The Labute approximate surface area is 194 Å². The van der Waals surface area contributed by atoms with Gasteiger partial charge in [0.25, 0.3) is 11.6 Å². The van der Waals surface area contributed by atoms with E-state index in [9.17, 15) is 20.2 Å². The van der Waals surface area contributed by atoms with Crippen LogP contribution in [0.1, 0.15) is 11.1 Å². The molecule has 166 valence electrons. The fourth-order valence-electron chi connectivity index (χ4n) is 2.92. The van der Waals surface area contributed by atoms with Crippen LogP contribution in [0.25, 0.3) is 6.08 Å². The van der Waals surface area contributed by atoms with Crippen molar-refractivity contribution in [2.45, 2.75) is 6.61 Å². The third-order valence-corrected chi connectivity index (χ3v) is 4.84. The molecule has 0 saturated heterocycles. The molecule has 0 spiro atoms. The molecule has 0 aliphatic carbocycles. The minimum Gasteiger partial charge on any atom is -0.493 e. The van der Waals surface area contributed by atoms with Gasteiger partial charge in [-0.3, -0.25) is 14.9 Å². The van der Waals surface area contributed by atoms with E-state index in [0.29, 0.717) is 17.1 Å². The molecule has 3 aromatic rings. The maximum atomic E-state index is 12.7. The highest BCUT2D eigenvalue weighted by atomic mass is 35.5. The second kappa shape index (κ2) is 10.8. The zero-order valence-electron chi connectivity index (χ0n) is 17.4. The molecular weight excluding hydrogens is 446 g/mol. The van der Waals surface area contributed by atoms with Crippen LogP contribution in [-0.2, 0) is 11.4 Å². The summed E-state index contributed by atoms with van der Waals surface area (Å²) in [6, 6.07) is 20.3. The first-order chi connectivity index (χ1) is 15.9. The van der Waals surface area contributed by atoms with Gasteiger partial charge in [0.2, 0.25) is 0 Å². The zero-order chi connectivity index (χ0) is 23.8. The molecule has 0 aliphatic heterocycles. The Hall–Kier alpha value is -4.35. The Morgan fingerprint density at radius 2 is 1.94 bits per heavy atom. The Kier molecular flexibility index (Phi) is 7.63. The van der Waals surface area contributed by atoms with Crippen molar-refractivity contribution in [2.24, 2.45) is 0 Å². The summed E-state index contributed by atoms with van der Waals surface area (Å²) in [5, 5.41) is 23.1. The summed E-state index contributed by atoms with van der Waals surface area (Å²) in [7, 11) is 1.49. The summed E-state index contributed by atoms with van der Waals surface area (Å²) in [5.74, 6) is 0.0585. The first kappa shape index (κ1) is 23.3. The fraction of sp³-hybridized carbons (Fsp3) is 0.0833. The molecule has 0 aromatic heterocycles.